The van der Waals surface area contributed by atoms with Gasteiger partial charge in [0.25, 0.3) is 0 Å². The van der Waals surface area contributed by atoms with Crippen molar-refractivity contribution < 1.29 is 10.4 Å². The van der Waals surface area contributed by atoms with Gasteiger partial charge in [-0.25, -0.2) is 4.98 Å². The highest BCUT2D eigenvalue weighted by Gasteiger charge is 1.98. The molecule has 1 heterocycles. The molecule has 0 radical (unpaired) electrons. The lowest BCUT2D eigenvalue weighted by Gasteiger charge is -2.12. The van der Waals surface area contributed by atoms with Crippen LogP contribution in [0.4, 0.5) is 11.5 Å². The average Bonchev–Trinajstić information content (AvgIpc) is 2.19. The maximum Gasteiger partial charge on any atom is 0.125 e. The predicted octanol–water partition coefficient (Wildman–Crippen LogP) is 1.08. The molecule has 14 heavy (non-hydrogen) atoms. The van der Waals surface area contributed by atoms with Gasteiger partial charge in [0.1, 0.15) is 11.5 Å². The van der Waals surface area contributed by atoms with E-state index in [4.69, 9.17) is 10.4 Å². The first-order valence-corrected chi connectivity index (χ1v) is 4.17. The van der Waals surface area contributed by atoms with E-state index >= 15 is 0 Å². The summed E-state index contributed by atoms with van der Waals surface area (Å²) in [4.78, 5) is 3.96. The smallest absolute Gasteiger partial charge is 0.125 e. The number of nitrogens with one attached hydrogen (secondary N) is 1. The van der Waals surface area contributed by atoms with Crippen molar-refractivity contribution in [2.75, 3.05) is 30.7 Å². The van der Waals surface area contributed by atoms with Crippen molar-refractivity contribution in [1.29, 1.82) is 0 Å². The molecular formula is C8H13N4O2-. The minimum atomic E-state index is 0.0259. The van der Waals surface area contributed by atoms with E-state index in [1.165, 1.54) is 6.20 Å². The third-order valence-electron chi connectivity index (χ3n) is 1.62. The van der Waals surface area contributed by atoms with Crippen LogP contribution in [0.15, 0.2) is 18.3 Å². The van der Waals surface area contributed by atoms with Crippen molar-refractivity contribution in [3.05, 3.63) is 23.6 Å². The van der Waals surface area contributed by atoms with Gasteiger partial charge in [0, 0.05) is 0 Å². The first-order chi connectivity index (χ1) is 6.74. The van der Waals surface area contributed by atoms with Gasteiger partial charge in [0.2, 0.25) is 0 Å². The first-order valence-electron chi connectivity index (χ1n) is 4.17. The van der Waals surface area contributed by atoms with Crippen LogP contribution in [0.1, 0.15) is 0 Å². The molecule has 3 N–H and O–H groups in total. The summed E-state index contributed by atoms with van der Waals surface area (Å²) in [7, 11) is 1.74. The van der Waals surface area contributed by atoms with Gasteiger partial charge in [-0.2, -0.15) is 7.05 Å². The van der Waals surface area contributed by atoms with E-state index in [0.29, 0.717) is 12.4 Å². The van der Waals surface area contributed by atoms with Crippen molar-refractivity contribution in [3.8, 4) is 0 Å². The monoisotopic (exact) mass is 197 g/mol. The van der Waals surface area contributed by atoms with Gasteiger partial charge in [0.15, 0.2) is 0 Å². The highest BCUT2D eigenvalue weighted by atomic mass is 16.8. The van der Waals surface area contributed by atoms with Crippen molar-refractivity contribution in [1.82, 2.24) is 4.98 Å². The Morgan fingerprint density at radius 3 is 2.79 bits per heavy atom. The van der Waals surface area contributed by atoms with Gasteiger partial charge in [0.05, 0.1) is 6.20 Å². The van der Waals surface area contributed by atoms with Crippen LogP contribution in [-0.4, -0.2) is 35.5 Å². The molecule has 0 atom stereocenters. The Bertz CT molecular complexity index is 263. The normalized spacial score (nSPS) is 9.93. The molecule has 0 spiro atoms. The number of hydrogen-bond donors (Lipinski definition) is 3. The summed E-state index contributed by atoms with van der Waals surface area (Å²) in [5.41, 5.74) is 0.218. The highest BCUT2D eigenvalue weighted by Crippen LogP contribution is 2.11. The second kappa shape index (κ2) is 5.38. The second-order valence-electron chi connectivity index (χ2n) is 2.66. The molecule has 0 saturated carbocycles. The molecule has 0 unspecified atom stereocenters. The van der Waals surface area contributed by atoms with Crippen LogP contribution in [0.5, 0.6) is 0 Å². The van der Waals surface area contributed by atoms with Crippen LogP contribution in [0.25, 0.3) is 5.32 Å². The fourth-order valence-electron chi connectivity index (χ4n) is 0.905. The summed E-state index contributed by atoms with van der Waals surface area (Å²) in [5, 5.41) is 24.3. The lowest BCUT2D eigenvalue weighted by atomic mass is 10.4. The van der Waals surface area contributed by atoms with E-state index in [9.17, 15) is 0 Å². The molecule has 1 aromatic rings. The number of aromatic nitrogens is 1. The standard InChI is InChI=1S/C8H13N4O2/c1-9-4-5-10-8-3-2-7(6-11-8)12(13)14/h2-3,6,13-14H,4-5H2,1H3,(H,10,11)/q-1. The van der Waals surface area contributed by atoms with E-state index in [-0.39, 0.29) is 10.9 Å². The molecule has 1 aromatic heterocycles. The Morgan fingerprint density at radius 1 is 1.50 bits per heavy atom. The quantitative estimate of drug-likeness (QED) is 0.486. The largest absolute Gasteiger partial charge is 0.664 e. The Hall–Kier alpha value is -1.37. The van der Waals surface area contributed by atoms with E-state index in [2.05, 4.69) is 15.6 Å². The summed E-state index contributed by atoms with van der Waals surface area (Å²) >= 11 is 0. The van der Waals surface area contributed by atoms with Crippen LogP contribution in [0.3, 0.4) is 0 Å². The summed E-state index contributed by atoms with van der Waals surface area (Å²) < 4.78 is 0. The van der Waals surface area contributed by atoms with E-state index in [1.807, 2.05) is 0 Å². The maximum atomic E-state index is 8.64. The third-order valence-corrected chi connectivity index (χ3v) is 1.62. The lowest BCUT2D eigenvalue weighted by Crippen LogP contribution is -2.12. The summed E-state index contributed by atoms with van der Waals surface area (Å²) in [6.45, 7) is 1.43. The molecule has 6 heteroatoms. The fraction of sp³-hybridized carbons (Fsp3) is 0.375. The van der Waals surface area contributed by atoms with Gasteiger partial charge >= 0.3 is 0 Å². The number of likely N-dealkylation sites (N-methyl/N-ethyl adjacent to an activating group) is 1. The maximum absolute atomic E-state index is 8.64. The number of pyridine rings is 1. The molecule has 1 rings (SSSR count). The predicted molar refractivity (Wildman–Crippen MR) is 52.9 cm³/mol. The molecule has 6 nitrogen and oxygen atoms in total. The highest BCUT2D eigenvalue weighted by molar-refractivity contribution is 5.45. The minimum Gasteiger partial charge on any atom is -0.664 e. The first kappa shape index (κ1) is 10.7. The zero-order chi connectivity index (χ0) is 10.4. The van der Waals surface area contributed by atoms with E-state index in [0.717, 1.165) is 6.54 Å². The Labute approximate surface area is 82.1 Å². The molecule has 0 aliphatic carbocycles. The van der Waals surface area contributed by atoms with Crippen molar-refractivity contribution in [3.63, 3.8) is 0 Å². The topological polar surface area (TPSA) is 82.7 Å². The van der Waals surface area contributed by atoms with Gasteiger partial charge in [-0.1, -0.05) is 0 Å². The van der Waals surface area contributed by atoms with Gasteiger partial charge in [-0.3, -0.25) is 10.4 Å². The number of hydrogen-bond acceptors (Lipinski definition) is 5. The molecule has 0 amide bonds. The lowest BCUT2D eigenvalue weighted by molar-refractivity contribution is 0.0290. The van der Waals surface area contributed by atoms with Crippen molar-refractivity contribution >= 4 is 11.5 Å². The van der Waals surface area contributed by atoms with Crippen LogP contribution in [0, 0.1) is 0 Å². The van der Waals surface area contributed by atoms with Crippen molar-refractivity contribution in [2.24, 2.45) is 0 Å². The fourth-order valence-corrected chi connectivity index (χ4v) is 0.905. The molecular weight excluding hydrogens is 184 g/mol. The zero-order valence-electron chi connectivity index (χ0n) is 7.88. The summed E-state index contributed by atoms with van der Waals surface area (Å²) in [5.74, 6) is 0.680. The molecule has 0 bridgehead atoms. The van der Waals surface area contributed by atoms with Crippen LogP contribution in [-0.2, 0) is 0 Å². The Balaban J connectivity index is 2.47. The van der Waals surface area contributed by atoms with Crippen LogP contribution in [0.2, 0.25) is 0 Å². The number of nitrogens with zero attached hydrogens (tertiary/aromatic N) is 3. The summed E-state index contributed by atoms with van der Waals surface area (Å²) in [6.07, 6.45) is 1.35. The Kier molecular flexibility index (Phi) is 4.11. The average molecular weight is 197 g/mol. The summed E-state index contributed by atoms with van der Waals surface area (Å²) in [6, 6.07) is 3.20. The molecule has 0 aromatic carbocycles. The molecule has 0 saturated heterocycles. The molecule has 0 aliphatic rings. The second-order valence-corrected chi connectivity index (χ2v) is 2.66. The Morgan fingerprint density at radius 2 is 2.29 bits per heavy atom. The van der Waals surface area contributed by atoms with Crippen molar-refractivity contribution in [2.45, 2.75) is 0 Å². The minimum absolute atomic E-state index is 0.0259. The van der Waals surface area contributed by atoms with E-state index in [1.54, 1.807) is 19.2 Å². The van der Waals surface area contributed by atoms with E-state index < -0.39 is 0 Å². The number of anilines is 2. The van der Waals surface area contributed by atoms with Crippen LogP contribution < -0.4 is 10.5 Å². The molecule has 78 valence electrons. The SMILES string of the molecule is C[N-]CCNc1ccc(N(O)O)cn1. The van der Waals surface area contributed by atoms with Crippen LogP contribution >= 0.6 is 0 Å². The number of rotatable bonds is 5. The zero-order valence-corrected chi connectivity index (χ0v) is 7.88. The third kappa shape index (κ3) is 3.17. The van der Waals surface area contributed by atoms with Gasteiger partial charge in [-0.15, -0.1) is 11.8 Å². The van der Waals surface area contributed by atoms with Gasteiger partial charge < -0.3 is 10.6 Å². The molecule has 0 aliphatic heterocycles. The molecule has 0 fully saturated rings. The van der Waals surface area contributed by atoms with Gasteiger partial charge in [-0.05, 0) is 18.7 Å².